The average molecular weight is 425 g/mol. The van der Waals surface area contributed by atoms with Crippen molar-refractivity contribution in [2.24, 2.45) is 34.5 Å². The Kier molecular flexibility index (Phi) is 4.95. The van der Waals surface area contributed by atoms with Crippen molar-refractivity contribution < 1.29 is 29.5 Å². The van der Waals surface area contributed by atoms with E-state index in [1.807, 2.05) is 0 Å². The highest BCUT2D eigenvalue weighted by atomic mass is 16.7. The maximum absolute atomic E-state index is 11.9. The van der Waals surface area contributed by atoms with Gasteiger partial charge in [-0.3, -0.25) is 0 Å². The fourth-order valence-electron chi connectivity index (χ4n) is 9.24. The summed E-state index contributed by atoms with van der Waals surface area (Å²) in [6, 6.07) is 0. The Bertz CT molecular complexity index is 679. The molecule has 1 aliphatic heterocycles. The second-order valence-corrected chi connectivity index (χ2v) is 11.6. The van der Waals surface area contributed by atoms with Crippen LogP contribution in [0.4, 0.5) is 0 Å². The zero-order valence-electron chi connectivity index (χ0n) is 19.0. The van der Waals surface area contributed by atoms with E-state index in [1.54, 1.807) is 7.11 Å². The summed E-state index contributed by atoms with van der Waals surface area (Å²) in [5.74, 6) is 0.461. The van der Waals surface area contributed by atoms with Gasteiger partial charge in [0.15, 0.2) is 5.79 Å². The normalized spacial score (nSPS) is 57.5. The maximum Gasteiger partial charge on any atom is 0.169 e. The lowest BCUT2D eigenvalue weighted by atomic mass is 9.41. The monoisotopic (exact) mass is 424 g/mol. The van der Waals surface area contributed by atoms with E-state index in [2.05, 4.69) is 20.8 Å². The molecule has 172 valence electrons. The Morgan fingerprint density at radius 1 is 0.967 bits per heavy atom. The number of hydrogen-bond acceptors (Lipinski definition) is 6. The SMILES string of the molecule is COC1CC2C3CCC(C4(C)OCCO4)C3(C)CC(O)C2C2(C)CCC(O)CC12O. The number of fused-ring (bicyclic) bond motifs is 5. The summed E-state index contributed by atoms with van der Waals surface area (Å²) in [5.41, 5.74) is -1.62. The summed E-state index contributed by atoms with van der Waals surface area (Å²) >= 11 is 0. The third kappa shape index (κ3) is 2.64. The van der Waals surface area contributed by atoms with Gasteiger partial charge in [-0.1, -0.05) is 13.8 Å². The van der Waals surface area contributed by atoms with Crippen LogP contribution in [0.15, 0.2) is 0 Å². The van der Waals surface area contributed by atoms with Gasteiger partial charge in [0.05, 0.1) is 37.1 Å². The summed E-state index contributed by atoms with van der Waals surface area (Å²) in [7, 11) is 1.68. The van der Waals surface area contributed by atoms with Crippen LogP contribution in [0.2, 0.25) is 0 Å². The van der Waals surface area contributed by atoms with Gasteiger partial charge >= 0.3 is 0 Å². The van der Waals surface area contributed by atoms with Crippen LogP contribution < -0.4 is 0 Å². The van der Waals surface area contributed by atoms with Crippen LogP contribution in [-0.4, -0.2) is 65.3 Å². The molecule has 6 nitrogen and oxygen atoms in total. The molecule has 4 aliphatic carbocycles. The van der Waals surface area contributed by atoms with Crippen LogP contribution in [0.3, 0.4) is 0 Å². The molecule has 5 rings (SSSR count). The maximum atomic E-state index is 11.9. The van der Waals surface area contributed by atoms with E-state index in [9.17, 15) is 15.3 Å². The van der Waals surface area contributed by atoms with Crippen molar-refractivity contribution >= 4 is 0 Å². The van der Waals surface area contributed by atoms with Crippen molar-refractivity contribution in [2.75, 3.05) is 20.3 Å². The minimum atomic E-state index is -1.10. The predicted octanol–water partition coefficient (Wildman–Crippen LogP) is 2.48. The first kappa shape index (κ1) is 21.6. The first-order chi connectivity index (χ1) is 14.1. The van der Waals surface area contributed by atoms with Gasteiger partial charge < -0.3 is 29.5 Å². The Hall–Kier alpha value is -0.240. The lowest BCUT2D eigenvalue weighted by Gasteiger charge is -2.67. The van der Waals surface area contributed by atoms with E-state index in [0.717, 1.165) is 32.1 Å². The van der Waals surface area contributed by atoms with E-state index in [-0.39, 0.29) is 23.4 Å². The summed E-state index contributed by atoms with van der Waals surface area (Å²) in [4.78, 5) is 0. The number of aliphatic hydroxyl groups excluding tert-OH is 2. The lowest BCUT2D eigenvalue weighted by molar-refractivity contribution is -0.293. The molecule has 0 radical (unpaired) electrons. The molecule has 10 unspecified atom stereocenters. The van der Waals surface area contributed by atoms with Crippen LogP contribution in [-0.2, 0) is 14.2 Å². The predicted molar refractivity (Wildman–Crippen MR) is 111 cm³/mol. The molecule has 4 saturated carbocycles. The van der Waals surface area contributed by atoms with Crippen molar-refractivity contribution in [2.45, 2.75) is 95.4 Å². The van der Waals surface area contributed by atoms with E-state index < -0.39 is 29.0 Å². The van der Waals surface area contributed by atoms with E-state index in [0.29, 0.717) is 37.9 Å². The highest BCUT2D eigenvalue weighted by Gasteiger charge is 2.71. The Labute approximate surface area is 180 Å². The molecular weight excluding hydrogens is 384 g/mol. The van der Waals surface area contributed by atoms with Gasteiger partial charge in [0.2, 0.25) is 0 Å². The van der Waals surface area contributed by atoms with Crippen LogP contribution in [0.1, 0.15) is 65.7 Å². The number of aliphatic hydroxyl groups is 3. The average Bonchev–Trinajstić information content (AvgIpc) is 3.25. The van der Waals surface area contributed by atoms with Crippen molar-refractivity contribution in [3.8, 4) is 0 Å². The standard InChI is InChI=1S/C24H40O6/c1-21-13-17(26)20-15(16(21)5-6-18(21)23(3)29-9-10-30-23)11-19(28-4)24(27)12-14(25)7-8-22(20,24)2/h14-20,25-27H,5-13H2,1-4H3. The number of rotatable bonds is 2. The molecule has 0 aromatic heterocycles. The third-order valence-electron chi connectivity index (χ3n) is 10.5. The smallest absolute Gasteiger partial charge is 0.169 e. The van der Waals surface area contributed by atoms with Gasteiger partial charge in [-0.15, -0.1) is 0 Å². The molecule has 1 saturated heterocycles. The molecule has 5 aliphatic rings. The van der Waals surface area contributed by atoms with E-state index in [4.69, 9.17) is 14.2 Å². The molecule has 5 fully saturated rings. The van der Waals surface area contributed by atoms with E-state index in [1.165, 1.54) is 0 Å². The van der Waals surface area contributed by atoms with Gasteiger partial charge in [0.25, 0.3) is 0 Å². The fourth-order valence-corrected chi connectivity index (χ4v) is 9.24. The quantitative estimate of drug-likeness (QED) is 0.631. The molecule has 0 bridgehead atoms. The summed E-state index contributed by atoms with van der Waals surface area (Å²) < 4.78 is 18.1. The van der Waals surface area contributed by atoms with Gasteiger partial charge in [0.1, 0.15) is 0 Å². The van der Waals surface area contributed by atoms with Crippen molar-refractivity contribution in [3.05, 3.63) is 0 Å². The first-order valence-electron chi connectivity index (χ1n) is 12.0. The highest BCUT2D eigenvalue weighted by molar-refractivity contribution is 5.19. The number of methoxy groups -OCH3 is 1. The number of ether oxygens (including phenoxy) is 3. The van der Waals surface area contributed by atoms with Gasteiger partial charge in [0, 0.05) is 24.9 Å². The summed E-state index contributed by atoms with van der Waals surface area (Å²) in [6.07, 6.45) is 4.04. The van der Waals surface area contributed by atoms with E-state index >= 15 is 0 Å². The molecule has 30 heavy (non-hydrogen) atoms. The second-order valence-electron chi connectivity index (χ2n) is 11.6. The van der Waals surface area contributed by atoms with Crippen LogP contribution in [0.25, 0.3) is 0 Å². The highest BCUT2D eigenvalue weighted by Crippen LogP contribution is 2.70. The minimum Gasteiger partial charge on any atom is -0.393 e. The zero-order chi connectivity index (χ0) is 21.5. The molecule has 1 heterocycles. The number of hydrogen-bond donors (Lipinski definition) is 3. The second kappa shape index (κ2) is 6.88. The molecule has 10 atom stereocenters. The Morgan fingerprint density at radius 3 is 2.33 bits per heavy atom. The molecule has 0 amide bonds. The minimum absolute atomic E-state index is 0.0245. The molecule has 6 heteroatoms. The lowest BCUT2D eigenvalue weighted by Crippen LogP contribution is -2.71. The third-order valence-corrected chi connectivity index (χ3v) is 10.5. The van der Waals surface area contributed by atoms with Crippen molar-refractivity contribution in [3.63, 3.8) is 0 Å². The van der Waals surface area contributed by atoms with Gasteiger partial charge in [-0.2, -0.15) is 0 Å². The molecular formula is C24H40O6. The summed E-state index contributed by atoms with van der Waals surface area (Å²) in [5, 5.41) is 33.9. The van der Waals surface area contributed by atoms with Crippen LogP contribution in [0, 0.1) is 34.5 Å². The molecule has 0 spiro atoms. The van der Waals surface area contributed by atoms with Gasteiger partial charge in [-0.05, 0) is 68.6 Å². The Balaban J connectivity index is 1.53. The van der Waals surface area contributed by atoms with Crippen molar-refractivity contribution in [1.82, 2.24) is 0 Å². The van der Waals surface area contributed by atoms with Crippen molar-refractivity contribution in [1.29, 1.82) is 0 Å². The topological polar surface area (TPSA) is 88.4 Å². The van der Waals surface area contributed by atoms with Gasteiger partial charge in [-0.25, -0.2) is 0 Å². The first-order valence-corrected chi connectivity index (χ1v) is 12.0. The fraction of sp³-hybridized carbons (Fsp3) is 1.00. The van der Waals surface area contributed by atoms with Crippen LogP contribution >= 0.6 is 0 Å². The molecule has 0 aromatic carbocycles. The summed E-state index contributed by atoms with van der Waals surface area (Å²) in [6.45, 7) is 7.84. The van der Waals surface area contributed by atoms with Crippen LogP contribution in [0.5, 0.6) is 0 Å². The largest absolute Gasteiger partial charge is 0.393 e. The Morgan fingerprint density at radius 2 is 1.67 bits per heavy atom. The zero-order valence-corrected chi connectivity index (χ0v) is 19.0. The molecule has 0 aromatic rings. The molecule has 3 N–H and O–H groups in total.